The molecule has 0 bridgehead atoms. The van der Waals surface area contributed by atoms with Gasteiger partial charge in [-0.25, -0.2) is 0 Å². The van der Waals surface area contributed by atoms with Gasteiger partial charge in [-0.2, -0.15) is 0 Å². The largest absolute Gasteiger partial charge is 0.356 e. The molecule has 1 rings (SSSR count). The molecule has 0 aliphatic heterocycles. The molecule has 2 nitrogen and oxygen atoms in total. The average molecular weight is 296 g/mol. The fourth-order valence-electron chi connectivity index (χ4n) is 2.11. The molecule has 0 heterocycles. The van der Waals surface area contributed by atoms with Gasteiger partial charge in [0.05, 0.1) is 0 Å². The SMILES string of the molecule is C=C(/C=C\C=C/C/C(=C/CCN)CCC)Nc1ccccc1. The van der Waals surface area contributed by atoms with Crippen LogP contribution in [0.2, 0.25) is 0 Å². The zero-order valence-corrected chi connectivity index (χ0v) is 13.6. The van der Waals surface area contributed by atoms with E-state index in [4.69, 9.17) is 5.73 Å². The van der Waals surface area contributed by atoms with Crippen molar-refractivity contribution in [3.8, 4) is 0 Å². The van der Waals surface area contributed by atoms with Crippen LogP contribution < -0.4 is 11.1 Å². The summed E-state index contributed by atoms with van der Waals surface area (Å²) in [7, 11) is 0. The van der Waals surface area contributed by atoms with E-state index in [1.54, 1.807) is 0 Å². The Morgan fingerprint density at radius 3 is 2.68 bits per heavy atom. The Bertz CT molecular complexity index is 510. The predicted molar refractivity (Wildman–Crippen MR) is 98.8 cm³/mol. The molecular formula is C20H28N2. The van der Waals surface area contributed by atoms with Crippen LogP contribution in [0.5, 0.6) is 0 Å². The molecule has 0 aromatic heterocycles. The third-order valence-electron chi connectivity index (χ3n) is 3.17. The molecular weight excluding hydrogens is 268 g/mol. The van der Waals surface area contributed by atoms with Crippen molar-refractivity contribution in [3.63, 3.8) is 0 Å². The van der Waals surface area contributed by atoms with Gasteiger partial charge in [-0.1, -0.05) is 68.0 Å². The molecule has 0 atom stereocenters. The van der Waals surface area contributed by atoms with Gasteiger partial charge in [0.25, 0.3) is 0 Å². The number of nitrogens with two attached hydrogens (primary N) is 1. The van der Waals surface area contributed by atoms with E-state index < -0.39 is 0 Å². The van der Waals surface area contributed by atoms with Crippen molar-refractivity contribution in [1.29, 1.82) is 0 Å². The summed E-state index contributed by atoms with van der Waals surface area (Å²) in [6.07, 6.45) is 14.8. The van der Waals surface area contributed by atoms with Gasteiger partial charge in [0.2, 0.25) is 0 Å². The minimum Gasteiger partial charge on any atom is -0.356 e. The van der Waals surface area contributed by atoms with E-state index in [0.29, 0.717) is 0 Å². The minimum atomic E-state index is 0.724. The van der Waals surface area contributed by atoms with Crippen molar-refractivity contribution < 1.29 is 0 Å². The van der Waals surface area contributed by atoms with E-state index in [-0.39, 0.29) is 0 Å². The zero-order valence-electron chi connectivity index (χ0n) is 13.6. The van der Waals surface area contributed by atoms with E-state index >= 15 is 0 Å². The molecule has 22 heavy (non-hydrogen) atoms. The molecule has 0 spiro atoms. The molecule has 0 radical (unpaired) electrons. The summed E-state index contributed by atoms with van der Waals surface area (Å²) >= 11 is 0. The number of hydrogen-bond donors (Lipinski definition) is 2. The van der Waals surface area contributed by atoms with Crippen molar-refractivity contribution in [1.82, 2.24) is 0 Å². The fourth-order valence-corrected chi connectivity index (χ4v) is 2.11. The summed E-state index contributed by atoms with van der Waals surface area (Å²) in [5, 5.41) is 3.25. The molecule has 0 saturated carbocycles. The van der Waals surface area contributed by atoms with Crippen LogP contribution >= 0.6 is 0 Å². The number of anilines is 1. The van der Waals surface area contributed by atoms with E-state index in [1.807, 2.05) is 42.5 Å². The summed E-state index contributed by atoms with van der Waals surface area (Å²) in [6, 6.07) is 10.0. The first-order valence-electron chi connectivity index (χ1n) is 7.98. The number of rotatable bonds is 10. The molecule has 0 amide bonds. The Morgan fingerprint density at radius 1 is 1.23 bits per heavy atom. The molecule has 2 heteroatoms. The quantitative estimate of drug-likeness (QED) is 0.460. The van der Waals surface area contributed by atoms with Gasteiger partial charge >= 0.3 is 0 Å². The lowest BCUT2D eigenvalue weighted by molar-refractivity contribution is 0.861. The predicted octanol–water partition coefficient (Wildman–Crippen LogP) is 5.19. The highest BCUT2D eigenvalue weighted by molar-refractivity contribution is 5.49. The van der Waals surface area contributed by atoms with E-state index in [2.05, 4.69) is 37.0 Å². The van der Waals surface area contributed by atoms with Gasteiger partial charge < -0.3 is 11.1 Å². The van der Waals surface area contributed by atoms with E-state index in [1.165, 1.54) is 12.0 Å². The van der Waals surface area contributed by atoms with Crippen molar-refractivity contribution in [2.24, 2.45) is 5.73 Å². The lowest BCUT2D eigenvalue weighted by Crippen LogP contribution is -1.96. The second-order valence-corrected chi connectivity index (χ2v) is 5.20. The summed E-state index contributed by atoms with van der Waals surface area (Å²) in [6.45, 7) is 6.93. The Kier molecular flexibility index (Phi) is 9.47. The van der Waals surface area contributed by atoms with Crippen LogP contribution in [-0.2, 0) is 0 Å². The molecule has 0 aliphatic rings. The Labute approximate surface area is 135 Å². The maximum Gasteiger partial charge on any atom is 0.0384 e. The maximum atomic E-state index is 5.56. The van der Waals surface area contributed by atoms with Crippen LogP contribution in [-0.4, -0.2) is 6.54 Å². The fraction of sp³-hybridized carbons (Fsp3) is 0.300. The van der Waals surface area contributed by atoms with Gasteiger partial charge in [0.1, 0.15) is 0 Å². The monoisotopic (exact) mass is 296 g/mol. The summed E-state index contributed by atoms with van der Waals surface area (Å²) in [5.41, 5.74) is 8.96. The van der Waals surface area contributed by atoms with Gasteiger partial charge in [0, 0.05) is 11.4 Å². The highest BCUT2D eigenvalue weighted by atomic mass is 14.9. The van der Waals surface area contributed by atoms with Crippen molar-refractivity contribution >= 4 is 5.69 Å². The smallest absolute Gasteiger partial charge is 0.0384 e. The maximum absolute atomic E-state index is 5.56. The van der Waals surface area contributed by atoms with Crippen LogP contribution in [0.4, 0.5) is 5.69 Å². The number of benzene rings is 1. The highest BCUT2D eigenvalue weighted by Gasteiger charge is 1.93. The summed E-state index contributed by atoms with van der Waals surface area (Å²) in [4.78, 5) is 0. The number of allylic oxidation sites excluding steroid dienone is 5. The third kappa shape index (κ3) is 8.28. The van der Waals surface area contributed by atoms with Crippen LogP contribution in [0.3, 0.4) is 0 Å². The number of hydrogen-bond acceptors (Lipinski definition) is 2. The van der Waals surface area contributed by atoms with Crippen molar-refractivity contribution in [2.45, 2.75) is 32.6 Å². The van der Waals surface area contributed by atoms with Crippen molar-refractivity contribution in [3.05, 3.63) is 78.6 Å². The summed E-state index contributed by atoms with van der Waals surface area (Å²) < 4.78 is 0. The molecule has 1 aromatic rings. The molecule has 1 aromatic carbocycles. The third-order valence-corrected chi connectivity index (χ3v) is 3.17. The first-order chi connectivity index (χ1) is 10.8. The molecule has 118 valence electrons. The first-order valence-corrected chi connectivity index (χ1v) is 7.98. The van der Waals surface area contributed by atoms with Crippen LogP contribution in [0, 0.1) is 0 Å². The van der Waals surface area contributed by atoms with Crippen LogP contribution in [0.25, 0.3) is 0 Å². The lowest BCUT2D eigenvalue weighted by atomic mass is 10.1. The normalized spacial score (nSPS) is 12.2. The zero-order chi connectivity index (χ0) is 16.0. The van der Waals surface area contributed by atoms with Gasteiger partial charge in [-0.3, -0.25) is 0 Å². The van der Waals surface area contributed by atoms with Gasteiger partial charge in [0.15, 0.2) is 0 Å². The van der Waals surface area contributed by atoms with Gasteiger partial charge in [-0.15, -0.1) is 0 Å². The summed E-state index contributed by atoms with van der Waals surface area (Å²) in [5.74, 6) is 0. The molecule has 0 fully saturated rings. The Hall–Kier alpha value is -2.06. The topological polar surface area (TPSA) is 38.0 Å². The molecule has 0 unspecified atom stereocenters. The Morgan fingerprint density at radius 2 is 2.00 bits per heavy atom. The molecule has 0 saturated heterocycles. The van der Waals surface area contributed by atoms with Crippen LogP contribution in [0.15, 0.2) is 78.6 Å². The number of nitrogens with one attached hydrogen (secondary N) is 1. The van der Waals surface area contributed by atoms with Gasteiger partial charge in [-0.05, 0) is 44.0 Å². The second-order valence-electron chi connectivity index (χ2n) is 5.20. The second kappa shape index (κ2) is 11.6. The van der Waals surface area contributed by atoms with Crippen molar-refractivity contribution in [2.75, 3.05) is 11.9 Å². The molecule has 0 aliphatic carbocycles. The standard InChI is InChI=1S/C20H28N2/c1-3-11-19(14-10-17-21)13-7-4-6-12-18(2)22-20-15-8-5-9-16-20/h4-9,12,14-16,22H,2-3,10-11,13,17,21H2,1H3/b7-4-,12-6-,19-14+. The van der Waals surface area contributed by atoms with E-state index in [0.717, 1.165) is 37.2 Å². The Balaban J connectivity index is 2.38. The van der Waals surface area contributed by atoms with E-state index in [9.17, 15) is 0 Å². The molecule has 3 N–H and O–H groups in total. The highest BCUT2D eigenvalue weighted by Crippen LogP contribution is 2.12. The first kappa shape index (κ1) is 18.0. The average Bonchev–Trinajstić information content (AvgIpc) is 2.53. The lowest BCUT2D eigenvalue weighted by Gasteiger charge is -2.04. The van der Waals surface area contributed by atoms with Crippen LogP contribution in [0.1, 0.15) is 32.6 Å². The minimum absolute atomic E-state index is 0.724. The number of para-hydroxylation sites is 1.